The van der Waals surface area contributed by atoms with Crippen molar-refractivity contribution in [2.75, 3.05) is 0 Å². The minimum atomic E-state index is -4.11. The lowest BCUT2D eigenvalue weighted by atomic mass is 9.84. The number of carbonyl (C=O) groups is 1. The van der Waals surface area contributed by atoms with Crippen molar-refractivity contribution in [1.29, 1.82) is 0 Å². The molecule has 5 nitrogen and oxygen atoms in total. The summed E-state index contributed by atoms with van der Waals surface area (Å²) in [4.78, 5) is 12.0. The number of carbonyl (C=O) groups excluding carboxylic acids is 1. The van der Waals surface area contributed by atoms with Crippen molar-refractivity contribution >= 4 is 26.8 Å². The second kappa shape index (κ2) is 6.18. The lowest BCUT2D eigenvalue weighted by Gasteiger charge is -2.33. The zero-order valence-electron chi connectivity index (χ0n) is 13.6. The third-order valence-corrected chi connectivity index (χ3v) is 6.18. The first-order valence-electron chi connectivity index (χ1n) is 8.10. The van der Waals surface area contributed by atoms with Gasteiger partial charge in [0.1, 0.15) is 4.90 Å². The molecule has 0 unspecified atom stereocenters. The molecule has 3 rings (SSSR count). The van der Waals surface area contributed by atoms with Gasteiger partial charge in [-0.25, -0.2) is 4.18 Å². The zero-order chi connectivity index (χ0) is 17.4. The van der Waals surface area contributed by atoms with E-state index in [9.17, 15) is 13.2 Å². The van der Waals surface area contributed by atoms with Crippen molar-refractivity contribution in [2.45, 2.75) is 49.5 Å². The Kier molecular flexibility index (Phi) is 4.36. The van der Waals surface area contributed by atoms with Gasteiger partial charge in [-0.15, -0.1) is 0 Å². The molecule has 1 fully saturated rings. The summed E-state index contributed by atoms with van der Waals surface area (Å²) < 4.78 is 31.3. The van der Waals surface area contributed by atoms with Crippen LogP contribution < -0.4 is 5.73 Å². The maximum absolute atomic E-state index is 12.9. The molecule has 0 aliphatic heterocycles. The number of fused-ring (bicyclic) bond motifs is 1. The third-order valence-electron chi connectivity index (χ3n) is 4.75. The molecule has 0 spiro atoms. The normalized spacial score (nSPS) is 17.7. The van der Waals surface area contributed by atoms with Crippen molar-refractivity contribution in [2.24, 2.45) is 5.73 Å². The molecule has 24 heavy (non-hydrogen) atoms. The molecule has 2 aromatic carbocycles. The second-order valence-electron chi connectivity index (χ2n) is 6.38. The Morgan fingerprint density at radius 2 is 1.67 bits per heavy atom. The average Bonchev–Trinajstić information content (AvgIpc) is 2.55. The van der Waals surface area contributed by atoms with Crippen molar-refractivity contribution in [3.63, 3.8) is 0 Å². The van der Waals surface area contributed by atoms with Crippen molar-refractivity contribution < 1.29 is 17.4 Å². The van der Waals surface area contributed by atoms with Crippen LogP contribution in [0.15, 0.2) is 41.3 Å². The van der Waals surface area contributed by atoms with E-state index < -0.39 is 21.6 Å². The lowest BCUT2D eigenvalue weighted by molar-refractivity contribution is -0.135. The molecule has 2 aromatic rings. The highest BCUT2D eigenvalue weighted by atomic mass is 32.2. The molecular formula is C18H21NO4S. The number of hydrogen-bond donors (Lipinski definition) is 1. The van der Waals surface area contributed by atoms with Crippen LogP contribution in [0.1, 0.15) is 37.7 Å². The maximum atomic E-state index is 12.9. The zero-order valence-corrected chi connectivity index (χ0v) is 14.4. The molecule has 0 saturated heterocycles. The van der Waals surface area contributed by atoms with E-state index in [1.807, 2.05) is 19.1 Å². The highest BCUT2D eigenvalue weighted by Crippen LogP contribution is 2.36. The number of rotatable bonds is 4. The molecule has 0 radical (unpaired) electrons. The summed E-state index contributed by atoms with van der Waals surface area (Å²) in [6.07, 6.45) is 3.09. The molecule has 0 atom stereocenters. The lowest BCUT2D eigenvalue weighted by Crippen LogP contribution is -2.49. The van der Waals surface area contributed by atoms with E-state index in [0.717, 1.165) is 30.2 Å². The van der Waals surface area contributed by atoms with Gasteiger partial charge in [-0.1, -0.05) is 36.8 Å². The Bertz CT molecular complexity index is 883. The van der Waals surface area contributed by atoms with Crippen molar-refractivity contribution in [3.05, 3.63) is 42.0 Å². The minimum Gasteiger partial charge on any atom is -0.367 e. The van der Waals surface area contributed by atoms with Crippen molar-refractivity contribution in [1.82, 2.24) is 0 Å². The first-order chi connectivity index (χ1) is 11.4. The molecule has 1 aliphatic carbocycles. The number of primary amides is 1. The molecular weight excluding hydrogens is 326 g/mol. The highest BCUT2D eigenvalue weighted by Gasteiger charge is 2.44. The van der Waals surface area contributed by atoms with Gasteiger partial charge in [0.15, 0.2) is 5.60 Å². The molecule has 1 saturated carbocycles. The van der Waals surface area contributed by atoms with Crippen LogP contribution in [0.2, 0.25) is 0 Å². The van der Waals surface area contributed by atoms with Crippen LogP contribution >= 0.6 is 0 Å². The molecule has 0 heterocycles. The summed E-state index contributed by atoms with van der Waals surface area (Å²) >= 11 is 0. The molecule has 2 N–H and O–H groups in total. The van der Waals surface area contributed by atoms with Crippen LogP contribution in [0.25, 0.3) is 10.8 Å². The van der Waals surface area contributed by atoms with Crippen LogP contribution in [0.3, 0.4) is 0 Å². The second-order valence-corrected chi connectivity index (χ2v) is 7.90. The first kappa shape index (κ1) is 16.9. The van der Waals surface area contributed by atoms with Gasteiger partial charge in [-0.05, 0) is 49.6 Å². The van der Waals surface area contributed by atoms with Crippen LogP contribution in [-0.4, -0.2) is 19.9 Å². The Balaban J connectivity index is 2.08. The SMILES string of the molecule is Cc1ccc(S(=O)(=O)OC2(C(N)=O)CCCCC2)c2ccccc12. The van der Waals surface area contributed by atoms with Crippen LogP contribution in [0.4, 0.5) is 0 Å². The van der Waals surface area contributed by atoms with E-state index in [2.05, 4.69) is 0 Å². The Morgan fingerprint density at radius 1 is 1.04 bits per heavy atom. The monoisotopic (exact) mass is 347 g/mol. The summed E-state index contributed by atoms with van der Waals surface area (Å²) in [5, 5.41) is 1.44. The molecule has 0 aromatic heterocycles. The third kappa shape index (κ3) is 2.91. The summed E-state index contributed by atoms with van der Waals surface area (Å²) in [5.74, 6) is -0.706. The predicted molar refractivity (Wildman–Crippen MR) is 92.0 cm³/mol. The van der Waals surface area contributed by atoms with E-state index in [0.29, 0.717) is 18.2 Å². The summed E-state index contributed by atoms with van der Waals surface area (Å²) in [7, 11) is -4.11. The Morgan fingerprint density at radius 3 is 2.29 bits per heavy atom. The Labute approximate surface area is 141 Å². The van der Waals surface area contributed by atoms with E-state index >= 15 is 0 Å². The minimum absolute atomic E-state index is 0.0786. The molecule has 128 valence electrons. The number of nitrogens with two attached hydrogens (primary N) is 1. The molecule has 0 bridgehead atoms. The van der Waals surface area contributed by atoms with E-state index in [4.69, 9.17) is 9.92 Å². The van der Waals surface area contributed by atoms with E-state index in [1.54, 1.807) is 18.2 Å². The summed E-state index contributed by atoms with van der Waals surface area (Å²) in [6.45, 7) is 1.92. The van der Waals surface area contributed by atoms with E-state index in [-0.39, 0.29) is 4.90 Å². The quantitative estimate of drug-likeness (QED) is 0.861. The number of aryl methyl sites for hydroxylation is 1. The van der Waals surface area contributed by atoms with Crippen molar-refractivity contribution in [3.8, 4) is 0 Å². The fraction of sp³-hybridized carbons (Fsp3) is 0.389. The smallest absolute Gasteiger partial charge is 0.298 e. The van der Waals surface area contributed by atoms with Gasteiger partial charge in [-0.3, -0.25) is 4.79 Å². The highest BCUT2D eigenvalue weighted by molar-refractivity contribution is 7.87. The Hall–Kier alpha value is -1.92. The number of amides is 1. The van der Waals surface area contributed by atoms with E-state index in [1.165, 1.54) is 6.07 Å². The molecule has 1 aliphatic rings. The van der Waals surface area contributed by atoms with Crippen LogP contribution in [0.5, 0.6) is 0 Å². The van der Waals surface area contributed by atoms with Gasteiger partial charge in [0.05, 0.1) is 0 Å². The number of hydrogen-bond acceptors (Lipinski definition) is 4. The van der Waals surface area contributed by atoms with Gasteiger partial charge >= 0.3 is 0 Å². The average molecular weight is 347 g/mol. The molecule has 6 heteroatoms. The largest absolute Gasteiger partial charge is 0.367 e. The van der Waals surface area contributed by atoms with Gasteiger partial charge in [0.2, 0.25) is 0 Å². The maximum Gasteiger partial charge on any atom is 0.298 e. The summed E-state index contributed by atoms with van der Waals surface area (Å²) in [5.41, 5.74) is 5.05. The summed E-state index contributed by atoms with van der Waals surface area (Å²) in [6, 6.07) is 10.5. The fourth-order valence-corrected chi connectivity index (χ4v) is 4.83. The topological polar surface area (TPSA) is 86.5 Å². The number of benzene rings is 2. The van der Waals surface area contributed by atoms with Gasteiger partial charge in [-0.2, -0.15) is 8.42 Å². The first-order valence-corrected chi connectivity index (χ1v) is 9.50. The fourth-order valence-electron chi connectivity index (χ4n) is 3.39. The van der Waals surface area contributed by atoms with Crippen LogP contribution in [-0.2, 0) is 19.1 Å². The van der Waals surface area contributed by atoms with Gasteiger partial charge < -0.3 is 5.73 Å². The van der Waals surface area contributed by atoms with Crippen LogP contribution in [0, 0.1) is 6.92 Å². The van der Waals surface area contributed by atoms with Gasteiger partial charge in [0, 0.05) is 5.39 Å². The predicted octanol–water partition coefficient (Wildman–Crippen LogP) is 3.04. The molecule has 1 amide bonds. The van der Waals surface area contributed by atoms with Gasteiger partial charge in [0.25, 0.3) is 16.0 Å². The standard InChI is InChI=1S/C18H21NO4S/c1-13-9-10-16(15-8-4-3-7-14(13)15)24(21,22)23-18(17(19)20)11-5-2-6-12-18/h3-4,7-10H,2,5-6,11-12H2,1H3,(H2,19,20).